The molecule has 2 heterocycles. The number of esters is 1. The van der Waals surface area contributed by atoms with E-state index in [1.807, 2.05) is 49.5 Å². The maximum absolute atomic E-state index is 12.2. The summed E-state index contributed by atoms with van der Waals surface area (Å²) >= 11 is 9.72. The van der Waals surface area contributed by atoms with Crippen LogP contribution in [0.15, 0.2) is 53.0 Å². The van der Waals surface area contributed by atoms with Gasteiger partial charge in [-0.05, 0) is 36.4 Å². The van der Waals surface area contributed by atoms with Crippen LogP contribution < -0.4 is 0 Å². The van der Waals surface area contributed by atoms with Gasteiger partial charge in [-0.1, -0.05) is 39.7 Å². The summed E-state index contributed by atoms with van der Waals surface area (Å²) in [5.41, 5.74) is 3.85. The molecule has 0 saturated heterocycles. The van der Waals surface area contributed by atoms with Crippen LogP contribution in [0.4, 0.5) is 0 Å². The van der Waals surface area contributed by atoms with Crippen molar-refractivity contribution in [3.8, 4) is 11.3 Å². The lowest BCUT2D eigenvalue weighted by Gasteiger charge is -2.09. The summed E-state index contributed by atoms with van der Waals surface area (Å²) in [6.07, 6.45) is 0. The Morgan fingerprint density at radius 3 is 2.69 bits per heavy atom. The summed E-state index contributed by atoms with van der Waals surface area (Å²) in [5, 5.41) is 2.53. The number of methoxy groups -OCH3 is 1. The molecule has 0 atom stereocenters. The van der Waals surface area contributed by atoms with Crippen molar-refractivity contribution >= 4 is 55.3 Å². The fourth-order valence-electron chi connectivity index (χ4n) is 3.27. The first-order valence-corrected chi connectivity index (χ1v) is 9.09. The molecular formula is C20H14BrClN2O2. The standard InChI is InChI=1S/C20H14BrClN2O2/c1-24-17-7-6-13(22)9-14(17)15-10-16(20(25)26-2)23-18(19(15)24)11-4-3-5-12(21)8-11/h3-10H,1-2H3. The van der Waals surface area contributed by atoms with E-state index in [-0.39, 0.29) is 5.69 Å². The van der Waals surface area contributed by atoms with Gasteiger partial charge in [0.05, 0.1) is 18.3 Å². The Kier molecular flexibility index (Phi) is 4.21. The van der Waals surface area contributed by atoms with Crippen molar-refractivity contribution in [2.24, 2.45) is 7.05 Å². The van der Waals surface area contributed by atoms with Crippen LogP contribution in [0.25, 0.3) is 33.1 Å². The number of pyridine rings is 1. The van der Waals surface area contributed by atoms with Crippen LogP contribution >= 0.6 is 27.5 Å². The summed E-state index contributed by atoms with van der Waals surface area (Å²) in [6, 6.07) is 15.3. The van der Waals surface area contributed by atoms with Gasteiger partial charge in [-0.15, -0.1) is 0 Å². The molecular weight excluding hydrogens is 416 g/mol. The molecule has 6 heteroatoms. The van der Waals surface area contributed by atoms with E-state index < -0.39 is 5.97 Å². The molecule has 0 amide bonds. The van der Waals surface area contributed by atoms with E-state index in [4.69, 9.17) is 16.3 Å². The SMILES string of the molecule is COC(=O)c1cc2c3cc(Cl)ccc3n(C)c2c(-c2cccc(Br)c2)n1. The van der Waals surface area contributed by atoms with Crippen LogP contribution in [0.3, 0.4) is 0 Å². The molecule has 0 spiro atoms. The number of aromatic nitrogens is 2. The minimum atomic E-state index is -0.470. The number of carbonyl (C=O) groups excluding carboxylic acids is 1. The lowest BCUT2D eigenvalue weighted by molar-refractivity contribution is 0.0594. The van der Waals surface area contributed by atoms with Crippen molar-refractivity contribution in [2.75, 3.05) is 7.11 Å². The third kappa shape index (κ3) is 2.68. The average Bonchev–Trinajstić information content (AvgIpc) is 2.92. The van der Waals surface area contributed by atoms with Gasteiger partial charge in [-0.25, -0.2) is 9.78 Å². The number of halogens is 2. The van der Waals surface area contributed by atoms with Gasteiger partial charge in [0.15, 0.2) is 0 Å². The Balaban J connectivity index is 2.18. The highest BCUT2D eigenvalue weighted by Crippen LogP contribution is 2.36. The highest BCUT2D eigenvalue weighted by molar-refractivity contribution is 9.10. The van der Waals surface area contributed by atoms with E-state index in [1.54, 1.807) is 6.07 Å². The Bertz CT molecular complexity index is 1180. The van der Waals surface area contributed by atoms with Crippen LogP contribution in [-0.2, 0) is 11.8 Å². The van der Waals surface area contributed by atoms with E-state index in [9.17, 15) is 4.79 Å². The predicted octanol–water partition coefficient (Wildman–Crippen LogP) is 5.60. The van der Waals surface area contributed by atoms with Crippen molar-refractivity contribution in [3.05, 3.63) is 63.7 Å². The summed E-state index contributed by atoms with van der Waals surface area (Å²) in [4.78, 5) is 16.8. The minimum Gasteiger partial charge on any atom is -0.464 e. The van der Waals surface area contributed by atoms with Crippen molar-refractivity contribution in [2.45, 2.75) is 0 Å². The first kappa shape index (κ1) is 17.1. The number of hydrogen-bond donors (Lipinski definition) is 0. The molecule has 0 saturated carbocycles. The molecule has 4 aromatic rings. The second-order valence-corrected chi connectivity index (χ2v) is 7.33. The molecule has 26 heavy (non-hydrogen) atoms. The first-order valence-electron chi connectivity index (χ1n) is 7.92. The Morgan fingerprint density at radius 1 is 1.15 bits per heavy atom. The monoisotopic (exact) mass is 428 g/mol. The van der Waals surface area contributed by atoms with Crippen molar-refractivity contribution in [3.63, 3.8) is 0 Å². The highest BCUT2D eigenvalue weighted by atomic mass is 79.9. The molecule has 0 aliphatic heterocycles. The fraction of sp³-hybridized carbons (Fsp3) is 0.100. The quantitative estimate of drug-likeness (QED) is 0.390. The largest absolute Gasteiger partial charge is 0.464 e. The lowest BCUT2D eigenvalue weighted by atomic mass is 10.1. The second-order valence-electron chi connectivity index (χ2n) is 5.97. The van der Waals surface area contributed by atoms with Gasteiger partial charge in [-0.2, -0.15) is 0 Å². The zero-order valence-corrected chi connectivity index (χ0v) is 16.4. The van der Waals surface area contributed by atoms with Crippen LogP contribution in [0.2, 0.25) is 5.02 Å². The molecule has 0 unspecified atom stereocenters. The van der Waals surface area contributed by atoms with E-state index >= 15 is 0 Å². The number of ether oxygens (including phenoxy) is 1. The number of rotatable bonds is 2. The van der Waals surface area contributed by atoms with Crippen LogP contribution in [-0.4, -0.2) is 22.6 Å². The summed E-state index contributed by atoms with van der Waals surface area (Å²) < 4.78 is 7.91. The second kappa shape index (κ2) is 6.41. The molecule has 0 radical (unpaired) electrons. The molecule has 2 aromatic carbocycles. The molecule has 0 bridgehead atoms. The van der Waals surface area contributed by atoms with Gasteiger partial charge in [0.25, 0.3) is 0 Å². The van der Waals surface area contributed by atoms with Gasteiger partial charge in [-0.3, -0.25) is 0 Å². The highest BCUT2D eigenvalue weighted by Gasteiger charge is 2.19. The van der Waals surface area contributed by atoms with Crippen LogP contribution in [0.5, 0.6) is 0 Å². The lowest BCUT2D eigenvalue weighted by Crippen LogP contribution is -2.06. The van der Waals surface area contributed by atoms with Crippen molar-refractivity contribution < 1.29 is 9.53 Å². The summed E-state index contributed by atoms with van der Waals surface area (Å²) in [6.45, 7) is 0. The smallest absolute Gasteiger partial charge is 0.356 e. The molecule has 0 aliphatic carbocycles. The third-order valence-corrected chi connectivity index (χ3v) is 5.16. The van der Waals surface area contributed by atoms with Crippen molar-refractivity contribution in [1.29, 1.82) is 0 Å². The van der Waals surface area contributed by atoms with Gasteiger partial charge in [0.1, 0.15) is 5.69 Å². The zero-order valence-electron chi connectivity index (χ0n) is 14.1. The number of nitrogens with zero attached hydrogens (tertiary/aromatic N) is 2. The van der Waals surface area contributed by atoms with E-state index in [0.29, 0.717) is 5.02 Å². The van der Waals surface area contributed by atoms with E-state index in [0.717, 1.165) is 37.5 Å². The molecule has 2 aromatic heterocycles. The maximum Gasteiger partial charge on any atom is 0.356 e. The Morgan fingerprint density at radius 2 is 1.96 bits per heavy atom. The number of hydrogen-bond acceptors (Lipinski definition) is 3. The van der Waals surface area contributed by atoms with Gasteiger partial charge in [0.2, 0.25) is 0 Å². The normalized spacial score (nSPS) is 11.2. The molecule has 0 aliphatic rings. The first-order chi connectivity index (χ1) is 12.5. The molecule has 130 valence electrons. The van der Waals surface area contributed by atoms with Gasteiger partial charge < -0.3 is 9.30 Å². The van der Waals surface area contributed by atoms with Gasteiger partial charge >= 0.3 is 5.97 Å². The number of fused-ring (bicyclic) bond motifs is 3. The van der Waals surface area contributed by atoms with E-state index in [1.165, 1.54) is 7.11 Å². The van der Waals surface area contributed by atoms with Crippen LogP contribution in [0.1, 0.15) is 10.5 Å². The van der Waals surface area contributed by atoms with Gasteiger partial charge in [0, 0.05) is 38.4 Å². The zero-order chi connectivity index (χ0) is 18.4. The molecule has 0 N–H and O–H groups in total. The van der Waals surface area contributed by atoms with Crippen molar-refractivity contribution in [1.82, 2.24) is 9.55 Å². The average molecular weight is 430 g/mol. The topological polar surface area (TPSA) is 44.1 Å². The predicted molar refractivity (Wildman–Crippen MR) is 108 cm³/mol. The molecule has 0 fully saturated rings. The number of carbonyl (C=O) groups is 1. The van der Waals surface area contributed by atoms with E-state index in [2.05, 4.69) is 25.5 Å². The minimum absolute atomic E-state index is 0.266. The number of aryl methyl sites for hydroxylation is 1. The van der Waals surface area contributed by atoms with Crippen LogP contribution in [0, 0.1) is 0 Å². The maximum atomic E-state index is 12.2. The fourth-order valence-corrected chi connectivity index (χ4v) is 3.84. The molecule has 4 nitrogen and oxygen atoms in total. The Labute approximate surface area is 163 Å². The third-order valence-electron chi connectivity index (χ3n) is 4.43. The summed E-state index contributed by atoms with van der Waals surface area (Å²) in [7, 11) is 3.34. The summed E-state index contributed by atoms with van der Waals surface area (Å²) in [5.74, 6) is -0.470. The Hall–Kier alpha value is -2.37. The molecule has 4 rings (SSSR count). The number of benzene rings is 2.